The fraction of sp³-hybridized carbons (Fsp3) is 1.00. The highest BCUT2D eigenvalue weighted by molar-refractivity contribution is 4.96. The third kappa shape index (κ3) is 10.9. The largest absolute Gasteiger partial charge is 0.394 e. The zero-order chi connectivity index (χ0) is 43.2. The lowest BCUT2D eigenvalue weighted by Gasteiger charge is -2.46. The molecular weight excluding hydrogens is 800 g/mol. The van der Waals surface area contributed by atoms with Crippen LogP contribution in [0.1, 0.15) is 0 Å². The first-order valence-corrected chi connectivity index (χ1v) is 18.3. The lowest BCUT2D eigenvalue weighted by Crippen LogP contribution is -2.65. The monoisotopic (exact) mass is 858 g/mol. The number of hydrogen-bond acceptors (Lipinski definition) is 26. The topological polar surface area (TPSA) is 416 Å². The molecule has 0 unspecified atom stereocenters. The molecule has 4 fully saturated rings. The van der Waals surface area contributed by atoms with Gasteiger partial charge in [-0.1, -0.05) is 0 Å². The van der Waals surface area contributed by atoms with Crippen LogP contribution in [-0.2, 0) is 47.4 Å². The molecule has 4 rings (SSSR count). The van der Waals surface area contributed by atoms with Gasteiger partial charge in [0.2, 0.25) is 0 Å². The Kier molecular flexibility index (Phi) is 19.1. The third-order valence-corrected chi connectivity index (χ3v) is 10.4. The molecule has 24 atom stereocenters. The molecule has 0 bridgehead atoms. The van der Waals surface area contributed by atoms with Crippen molar-refractivity contribution in [1.29, 1.82) is 0 Å². The Hall–Kier alpha value is -1.04. The quantitative estimate of drug-likeness (QED) is 0.0573. The van der Waals surface area contributed by atoms with Gasteiger partial charge in [0.15, 0.2) is 25.2 Å². The predicted octanol–water partition coefficient (Wildman–Crippen LogP) is -11.0. The Morgan fingerprint density at radius 2 is 0.690 bits per heavy atom. The zero-order valence-corrected chi connectivity index (χ0v) is 31.3. The van der Waals surface area contributed by atoms with Gasteiger partial charge in [-0.3, -0.25) is 0 Å². The first-order chi connectivity index (χ1) is 27.5. The van der Waals surface area contributed by atoms with Crippen LogP contribution in [-0.4, -0.2) is 283 Å². The van der Waals surface area contributed by atoms with Crippen molar-refractivity contribution in [3.63, 3.8) is 0 Å². The summed E-state index contributed by atoms with van der Waals surface area (Å²) < 4.78 is 54.2. The van der Waals surface area contributed by atoms with Crippen LogP contribution >= 0.6 is 0 Å². The molecular formula is C32H58O26. The summed E-state index contributed by atoms with van der Waals surface area (Å²) in [6, 6.07) is 0. The van der Waals surface area contributed by atoms with Crippen LogP contribution in [0, 0.1) is 0 Å². The molecule has 0 amide bonds. The molecule has 0 aromatic carbocycles. The van der Waals surface area contributed by atoms with Gasteiger partial charge in [-0.05, 0) is 0 Å². The van der Waals surface area contributed by atoms with Gasteiger partial charge in [-0.25, -0.2) is 0 Å². The van der Waals surface area contributed by atoms with Crippen molar-refractivity contribution in [3.8, 4) is 0 Å². The SMILES string of the molecule is CO[C@@H]([C@H](OC)[C@H](O)CO[C@@H]1O[C@H](CO)[C@@H](O[C@@H]2O[C@H](CO)[C@H](O)[C@H](O)[C@H]2O)[C@H](O)[C@H]1O)[C@H](O)CO[C@@H]1O[C@H](CO)[C@@H](O[C@@H]2O[C@H](CO)[C@H](O)[C@H](O)[C@H]2O)[C@H](O)[C@H]1O. The first kappa shape index (κ1) is 49.6. The van der Waals surface area contributed by atoms with Crippen LogP contribution in [0.3, 0.4) is 0 Å². The van der Waals surface area contributed by atoms with Crippen LogP contribution in [0.5, 0.6) is 0 Å². The fourth-order valence-corrected chi connectivity index (χ4v) is 6.98. The normalized spacial score (nSPS) is 46.0. The van der Waals surface area contributed by atoms with E-state index in [1.165, 1.54) is 0 Å². The summed E-state index contributed by atoms with van der Waals surface area (Å²) in [5.74, 6) is 0. The highest BCUT2D eigenvalue weighted by atomic mass is 16.8. The van der Waals surface area contributed by atoms with E-state index in [1.54, 1.807) is 0 Å². The number of ether oxygens (including phenoxy) is 10. The van der Waals surface area contributed by atoms with Crippen molar-refractivity contribution in [2.24, 2.45) is 0 Å². The molecule has 0 spiro atoms. The van der Waals surface area contributed by atoms with Crippen molar-refractivity contribution >= 4 is 0 Å². The van der Waals surface area contributed by atoms with Crippen LogP contribution in [0.2, 0.25) is 0 Å². The second-order valence-corrected chi connectivity index (χ2v) is 14.2. The number of methoxy groups -OCH3 is 2. The number of aliphatic hydroxyl groups is 16. The Morgan fingerprint density at radius 1 is 0.397 bits per heavy atom. The van der Waals surface area contributed by atoms with Gasteiger partial charge in [-0.2, -0.15) is 0 Å². The Bertz CT molecular complexity index is 1100. The molecule has 4 aliphatic rings. The van der Waals surface area contributed by atoms with Crippen molar-refractivity contribution in [3.05, 3.63) is 0 Å². The molecule has 58 heavy (non-hydrogen) atoms. The first-order valence-electron chi connectivity index (χ1n) is 18.3. The van der Waals surface area contributed by atoms with E-state index in [1.807, 2.05) is 0 Å². The molecule has 0 aliphatic carbocycles. The minimum absolute atomic E-state index is 0.721. The number of hydrogen-bond donors (Lipinski definition) is 16. The summed E-state index contributed by atoms with van der Waals surface area (Å²) in [7, 11) is 2.27. The molecule has 4 aliphatic heterocycles. The van der Waals surface area contributed by atoms with Gasteiger partial charge in [0.05, 0.1) is 39.6 Å². The van der Waals surface area contributed by atoms with Crippen LogP contribution in [0.25, 0.3) is 0 Å². The maximum Gasteiger partial charge on any atom is 0.187 e. The minimum atomic E-state index is -1.93. The molecule has 4 saturated heterocycles. The van der Waals surface area contributed by atoms with Crippen LogP contribution < -0.4 is 0 Å². The lowest BCUT2D eigenvalue weighted by molar-refractivity contribution is -0.361. The summed E-state index contributed by atoms with van der Waals surface area (Å²) in [5.41, 5.74) is 0. The Labute approximate surface area is 330 Å². The maximum atomic E-state index is 11.0. The lowest BCUT2D eigenvalue weighted by atomic mass is 9.97. The van der Waals surface area contributed by atoms with Crippen molar-refractivity contribution in [2.45, 2.75) is 147 Å². The smallest absolute Gasteiger partial charge is 0.187 e. The summed E-state index contributed by atoms with van der Waals surface area (Å²) in [6.07, 6.45) is -40.6. The Balaban J connectivity index is 1.32. The molecule has 342 valence electrons. The van der Waals surface area contributed by atoms with E-state index in [0.717, 1.165) is 14.2 Å². The molecule has 4 heterocycles. The second-order valence-electron chi connectivity index (χ2n) is 14.2. The minimum Gasteiger partial charge on any atom is -0.394 e. The summed E-state index contributed by atoms with van der Waals surface area (Å²) in [4.78, 5) is 0. The number of rotatable bonds is 19. The summed E-state index contributed by atoms with van der Waals surface area (Å²) in [6.45, 7) is -4.71. The van der Waals surface area contributed by atoms with Crippen LogP contribution in [0.4, 0.5) is 0 Å². The van der Waals surface area contributed by atoms with Gasteiger partial charge in [0.25, 0.3) is 0 Å². The second kappa shape index (κ2) is 22.4. The van der Waals surface area contributed by atoms with Gasteiger partial charge in [0, 0.05) is 14.2 Å². The third-order valence-electron chi connectivity index (χ3n) is 10.4. The van der Waals surface area contributed by atoms with Gasteiger partial charge in [-0.15, -0.1) is 0 Å². The van der Waals surface area contributed by atoms with E-state index in [2.05, 4.69) is 0 Å². The van der Waals surface area contributed by atoms with Crippen LogP contribution in [0.15, 0.2) is 0 Å². The summed E-state index contributed by atoms with van der Waals surface area (Å²) in [5, 5.41) is 165. The van der Waals surface area contributed by atoms with E-state index in [9.17, 15) is 81.7 Å². The van der Waals surface area contributed by atoms with Crippen molar-refractivity contribution in [1.82, 2.24) is 0 Å². The van der Waals surface area contributed by atoms with E-state index < -0.39 is 187 Å². The fourth-order valence-electron chi connectivity index (χ4n) is 6.98. The van der Waals surface area contributed by atoms with Gasteiger partial charge in [0.1, 0.15) is 122 Å². The highest BCUT2D eigenvalue weighted by Crippen LogP contribution is 2.32. The number of aliphatic hydroxyl groups excluding tert-OH is 16. The molecule has 16 N–H and O–H groups in total. The standard InChI is InChI=1S/C32H58O26/c1-49-25(9(37)7-51-29-23(47)19(43)27(13(5-35)55-29)57-31-21(45)17(41)15(39)11(3-33)53-31)26(50-2)10(38)8-52-30-24(48)20(44)28(14(6-36)56-30)58-32-22(46)18(42)16(40)12(4-34)54-32/h9-48H,3-8H2,1-2H3/t9-,10-,11-,12-,13-,14-,15+,16+,17+,18+,19-,20-,21-,22-,23-,24-,25-,26-,27-,28-,29-,30-,31+,32+/m1/s1. The van der Waals surface area contributed by atoms with Crippen molar-refractivity contribution < 1.29 is 129 Å². The maximum absolute atomic E-state index is 11.0. The average molecular weight is 859 g/mol. The molecule has 0 radical (unpaired) electrons. The molecule has 26 nitrogen and oxygen atoms in total. The van der Waals surface area contributed by atoms with E-state index >= 15 is 0 Å². The van der Waals surface area contributed by atoms with E-state index in [4.69, 9.17) is 47.4 Å². The van der Waals surface area contributed by atoms with Crippen molar-refractivity contribution in [2.75, 3.05) is 53.9 Å². The highest BCUT2D eigenvalue weighted by Gasteiger charge is 2.53. The molecule has 0 saturated carbocycles. The molecule has 0 aromatic heterocycles. The van der Waals surface area contributed by atoms with Gasteiger partial charge < -0.3 is 129 Å². The summed E-state index contributed by atoms with van der Waals surface area (Å²) >= 11 is 0. The average Bonchev–Trinajstić information content (AvgIpc) is 3.22. The molecule has 26 heteroatoms. The zero-order valence-electron chi connectivity index (χ0n) is 31.3. The van der Waals surface area contributed by atoms with Gasteiger partial charge >= 0.3 is 0 Å². The Morgan fingerprint density at radius 3 is 0.983 bits per heavy atom. The molecule has 0 aromatic rings. The van der Waals surface area contributed by atoms with E-state index in [-0.39, 0.29) is 0 Å². The predicted molar refractivity (Wildman–Crippen MR) is 178 cm³/mol. The van der Waals surface area contributed by atoms with E-state index in [0.29, 0.717) is 0 Å².